The van der Waals surface area contributed by atoms with Gasteiger partial charge in [-0.3, -0.25) is 0 Å². The van der Waals surface area contributed by atoms with Crippen LogP contribution in [-0.2, 0) is 6.61 Å². The summed E-state index contributed by atoms with van der Waals surface area (Å²) in [5.74, 6) is 0.674. The number of aliphatic hydroxyl groups excluding tert-OH is 1. The molecule has 0 spiro atoms. The number of hydrogen-bond donors (Lipinski definition) is 1. The van der Waals surface area contributed by atoms with Crippen LogP contribution in [0.25, 0.3) is 11.3 Å². The van der Waals surface area contributed by atoms with Gasteiger partial charge in [-0.2, -0.15) is 5.10 Å². The number of benzene rings is 1. The molecule has 3 rings (SSSR count). The van der Waals surface area contributed by atoms with Gasteiger partial charge in [-0.1, -0.05) is 41.9 Å². The molecule has 1 N–H and O–H groups in total. The van der Waals surface area contributed by atoms with Crippen molar-refractivity contribution in [1.82, 2.24) is 9.78 Å². The maximum Gasteiger partial charge on any atom is 0.133 e. The maximum absolute atomic E-state index is 9.57. The van der Waals surface area contributed by atoms with Crippen LogP contribution in [-0.4, -0.2) is 14.9 Å². The molecule has 2 aromatic rings. The van der Waals surface area contributed by atoms with Crippen molar-refractivity contribution in [3.63, 3.8) is 0 Å². The molecule has 0 amide bonds. The number of aromatic nitrogens is 2. The van der Waals surface area contributed by atoms with Gasteiger partial charge in [0.15, 0.2) is 0 Å². The minimum atomic E-state index is -0.0829. The molecule has 0 saturated heterocycles. The van der Waals surface area contributed by atoms with E-state index in [-0.39, 0.29) is 6.61 Å². The second-order valence-corrected chi connectivity index (χ2v) is 5.52. The van der Waals surface area contributed by atoms with E-state index in [0.29, 0.717) is 17.1 Å². The zero-order valence-corrected chi connectivity index (χ0v) is 11.6. The Morgan fingerprint density at radius 2 is 2.05 bits per heavy atom. The van der Waals surface area contributed by atoms with E-state index < -0.39 is 0 Å². The highest BCUT2D eigenvalue weighted by atomic mass is 35.5. The average Bonchev–Trinajstić information content (AvgIpc) is 3.23. The van der Waals surface area contributed by atoms with Crippen LogP contribution in [0.5, 0.6) is 0 Å². The van der Waals surface area contributed by atoms with E-state index in [9.17, 15) is 5.11 Å². The molecule has 1 atom stereocenters. The van der Waals surface area contributed by atoms with Crippen molar-refractivity contribution in [2.24, 2.45) is 5.92 Å². The predicted molar refractivity (Wildman–Crippen MR) is 76.0 cm³/mol. The lowest BCUT2D eigenvalue weighted by Gasteiger charge is -2.11. The van der Waals surface area contributed by atoms with E-state index >= 15 is 0 Å². The van der Waals surface area contributed by atoms with Crippen molar-refractivity contribution in [3.8, 4) is 11.3 Å². The summed E-state index contributed by atoms with van der Waals surface area (Å²) < 4.78 is 1.87. The minimum Gasteiger partial charge on any atom is -0.391 e. The zero-order valence-electron chi connectivity index (χ0n) is 10.9. The molecule has 1 aliphatic rings. The van der Waals surface area contributed by atoms with E-state index in [4.69, 9.17) is 11.6 Å². The Morgan fingerprint density at radius 3 is 2.63 bits per heavy atom. The number of hydrogen-bond acceptors (Lipinski definition) is 2. The summed E-state index contributed by atoms with van der Waals surface area (Å²) in [5, 5.41) is 14.8. The molecule has 3 nitrogen and oxygen atoms in total. The highest BCUT2D eigenvalue weighted by Crippen LogP contribution is 2.42. The third kappa shape index (κ3) is 2.28. The van der Waals surface area contributed by atoms with Gasteiger partial charge in [0, 0.05) is 11.1 Å². The first-order chi connectivity index (χ1) is 9.22. The molecule has 1 heterocycles. The van der Waals surface area contributed by atoms with E-state index in [1.54, 1.807) is 0 Å². The highest BCUT2D eigenvalue weighted by molar-refractivity contribution is 6.30. The summed E-state index contributed by atoms with van der Waals surface area (Å²) in [6.45, 7) is 2.06. The molecule has 1 aromatic heterocycles. The Kier molecular flexibility index (Phi) is 3.33. The lowest BCUT2D eigenvalue weighted by Crippen LogP contribution is -2.09. The molecular formula is C15H17ClN2O. The molecule has 0 radical (unpaired) electrons. The molecule has 19 heavy (non-hydrogen) atoms. The predicted octanol–water partition coefficient (Wildman–Crippen LogP) is 3.67. The van der Waals surface area contributed by atoms with Crippen LogP contribution < -0.4 is 0 Å². The van der Waals surface area contributed by atoms with Gasteiger partial charge in [-0.05, 0) is 25.7 Å². The van der Waals surface area contributed by atoms with E-state index in [2.05, 4.69) is 12.0 Å². The summed E-state index contributed by atoms with van der Waals surface area (Å²) in [4.78, 5) is 0. The lowest BCUT2D eigenvalue weighted by molar-refractivity contribution is 0.282. The lowest BCUT2D eigenvalue weighted by atomic mass is 10.1. The topological polar surface area (TPSA) is 38.0 Å². The largest absolute Gasteiger partial charge is 0.391 e. The Labute approximate surface area is 117 Å². The van der Waals surface area contributed by atoms with Crippen LogP contribution in [0, 0.1) is 5.92 Å². The Hall–Kier alpha value is -1.32. The van der Waals surface area contributed by atoms with Gasteiger partial charge in [0.2, 0.25) is 0 Å². The van der Waals surface area contributed by atoms with Crippen molar-refractivity contribution >= 4 is 11.6 Å². The second-order valence-electron chi connectivity index (χ2n) is 5.16. The smallest absolute Gasteiger partial charge is 0.133 e. The van der Waals surface area contributed by atoms with Crippen molar-refractivity contribution in [1.29, 1.82) is 0 Å². The number of rotatable bonds is 4. The molecule has 1 saturated carbocycles. The van der Waals surface area contributed by atoms with Gasteiger partial charge in [0.25, 0.3) is 0 Å². The fourth-order valence-corrected chi connectivity index (χ4v) is 2.81. The number of aliphatic hydroxyl groups is 1. The quantitative estimate of drug-likeness (QED) is 0.925. The van der Waals surface area contributed by atoms with Crippen molar-refractivity contribution in [3.05, 3.63) is 41.0 Å². The van der Waals surface area contributed by atoms with Crippen molar-refractivity contribution < 1.29 is 5.11 Å². The minimum absolute atomic E-state index is 0.0829. The first-order valence-corrected chi connectivity index (χ1v) is 7.03. The molecule has 1 unspecified atom stereocenters. The molecule has 1 aromatic carbocycles. The summed E-state index contributed by atoms with van der Waals surface area (Å²) in [7, 11) is 0. The zero-order chi connectivity index (χ0) is 13.4. The van der Waals surface area contributed by atoms with Gasteiger partial charge >= 0.3 is 0 Å². The van der Waals surface area contributed by atoms with Gasteiger partial charge in [0.05, 0.1) is 18.3 Å². The summed E-state index contributed by atoms with van der Waals surface area (Å²) in [6, 6.07) is 10.2. The highest BCUT2D eigenvalue weighted by Gasteiger charge is 2.32. The van der Waals surface area contributed by atoms with Gasteiger partial charge in [-0.25, -0.2) is 4.68 Å². The van der Waals surface area contributed by atoms with Crippen molar-refractivity contribution in [2.75, 3.05) is 0 Å². The van der Waals surface area contributed by atoms with Crippen LogP contribution in [0.4, 0.5) is 0 Å². The van der Waals surface area contributed by atoms with Gasteiger partial charge in [-0.15, -0.1) is 0 Å². The number of nitrogens with zero attached hydrogens (tertiary/aromatic N) is 2. The van der Waals surface area contributed by atoms with E-state index in [0.717, 1.165) is 16.8 Å². The first-order valence-electron chi connectivity index (χ1n) is 6.65. The SMILES string of the molecule is CC(C1CC1)n1nc(-c2ccccc2)c(CO)c1Cl. The van der Waals surface area contributed by atoms with E-state index in [1.165, 1.54) is 12.8 Å². The van der Waals surface area contributed by atoms with Crippen LogP contribution in [0.15, 0.2) is 30.3 Å². The van der Waals surface area contributed by atoms with Crippen molar-refractivity contribution in [2.45, 2.75) is 32.4 Å². The summed E-state index contributed by atoms with van der Waals surface area (Å²) in [6.07, 6.45) is 2.49. The standard InChI is InChI=1S/C15H17ClN2O/c1-10(11-7-8-11)18-15(16)13(9-19)14(17-18)12-5-3-2-4-6-12/h2-6,10-11,19H,7-9H2,1H3. The molecule has 1 fully saturated rings. The van der Waals surface area contributed by atoms with Crippen LogP contribution >= 0.6 is 11.6 Å². The normalized spacial score (nSPS) is 16.6. The first kappa shape index (κ1) is 12.7. The van der Waals surface area contributed by atoms with Crippen LogP contribution in [0.3, 0.4) is 0 Å². The molecular weight excluding hydrogens is 260 g/mol. The number of halogens is 1. The second kappa shape index (κ2) is 4.99. The molecule has 0 aliphatic heterocycles. The fourth-order valence-electron chi connectivity index (χ4n) is 2.46. The third-order valence-electron chi connectivity index (χ3n) is 3.84. The van der Waals surface area contributed by atoms with Gasteiger partial charge < -0.3 is 5.11 Å². The Bertz CT molecular complexity index is 575. The maximum atomic E-state index is 9.57. The molecule has 0 bridgehead atoms. The molecule has 100 valence electrons. The average molecular weight is 277 g/mol. The van der Waals surface area contributed by atoms with Crippen LogP contribution in [0.1, 0.15) is 31.4 Å². The summed E-state index contributed by atoms with van der Waals surface area (Å²) >= 11 is 6.39. The summed E-state index contributed by atoms with van der Waals surface area (Å²) in [5.41, 5.74) is 2.51. The van der Waals surface area contributed by atoms with E-state index in [1.807, 2.05) is 35.0 Å². The molecule has 4 heteroatoms. The Balaban J connectivity index is 2.07. The fraction of sp³-hybridized carbons (Fsp3) is 0.400. The monoisotopic (exact) mass is 276 g/mol. The van der Waals surface area contributed by atoms with Crippen LogP contribution in [0.2, 0.25) is 5.15 Å². The Morgan fingerprint density at radius 1 is 1.37 bits per heavy atom. The van der Waals surface area contributed by atoms with Gasteiger partial charge in [0.1, 0.15) is 5.15 Å². The third-order valence-corrected chi connectivity index (χ3v) is 4.24. The molecule has 1 aliphatic carbocycles.